The fraction of sp³-hybridized carbons (Fsp3) is 0.167. The van der Waals surface area contributed by atoms with Crippen LogP contribution in [0.15, 0.2) is 40.9 Å². The van der Waals surface area contributed by atoms with Gasteiger partial charge < -0.3 is 9.42 Å². The fourth-order valence-corrected chi connectivity index (χ4v) is 3.35. The minimum Gasteiger partial charge on any atom is -0.339 e. The van der Waals surface area contributed by atoms with Crippen LogP contribution in [-0.2, 0) is 4.79 Å². The summed E-state index contributed by atoms with van der Waals surface area (Å²) in [7, 11) is 0. The van der Waals surface area contributed by atoms with Crippen LogP contribution in [0.1, 0.15) is 18.2 Å². The zero-order valence-corrected chi connectivity index (χ0v) is 15.1. The summed E-state index contributed by atoms with van der Waals surface area (Å²) < 4.78 is 32.1. The van der Waals surface area contributed by atoms with Gasteiger partial charge in [0.1, 0.15) is 11.6 Å². The molecular formula is C18H11Cl2F2N3O2. The maximum absolute atomic E-state index is 13.5. The minimum absolute atomic E-state index is 0.0539. The molecule has 9 heteroatoms. The molecule has 1 saturated heterocycles. The van der Waals surface area contributed by atoms with E-state index in [1.165, 1.54) is 41.3 Å². The molecule has 0 spiro atoms. The Kier molecular flexibility index (Phi) is 4.57. The molecule has 0 saturated carbocycles. The normalized spacial score (nSPS) is 17.0. The van der Waals surface area contributed by atoms with Gasteiger partial charge in [0.2, 0.25) is 17.6 Å². The van der Waals surface area contributed by atoms with Gasteiger partial charge in [-0.3, -0.25) is 4.79 Å². The van der Waals surface area contributed by atoms with Crippen molar-refractivity contribution in [3.63, 3.8) is 0 Å². The molecule has 3 aromatic rings. The first kappa shape index (κ1) is 17.9. The second kappa shape index (κ2) is 6.90. The molecule has 4 rings (SSSR count). The molecule has 2 aromatic carbocycles. The summed E-state index contributed by atoms with van der Waals surface area (Å²) in [5.74, 6) is -1.13. The van der Waals surface area contributed by atoms with Gasteiger partial charge in [-0.2, -0.15) is 4.98 Å². The molecule has 0 N–H and O–H groups in total. The minimum atomic E-state index is -0.548. The van der Waals surface area contributed by atoms with Gasteiger partial charge in [0.15, 0.2) is 0 Å². The van der Waals surface area contributed by atoms with Crippen LogP contribution in [0.4, 0.5) is 14.5 Å². The number of benzene rings is 2. The van der Waals surface area contributed by atoms with Gasteiger partial charge in [0.25, 0.3) is 0 Å². The lowest BCUT2D eigenvalue weighted by molar-refractivity contribution is -0.117. The van der Waals surface area contributed by atoms with E-state index in [0.717, 1.165) is 0 Å². The molecule has 2 heterocycles. The van der Waals surface area contributed by atoms with Crippen molar-refractivity contribution in [2.45, 2.75) is 12.3 Å². The quantitative estimate of drug-likeness (QED) is 0.620. The van der Waals surface area contributed by atoms with Crippen molar-refractivity contribution in [2.75, 3.05) is 11.4 Å². The van der Waals surface area contributed by atoms with E-state index < -0.39 is 11.6 Å². The van der Waals surface area contributed by atoms with Crippen LogP contribution >= 0.6 is 23.2 Å². The maximum atomic E-state index is 13.5. The van der Waals surface area contributed by atoms with Crippen molar-refractivity contribution in [1.29, 1.82) is 0 Å². The first-order valence-electron chi connectivity index (χ1n) is 7.97. The van der Waals surface area contributed by atoms with Gasteiger partial charge in [-0.25, -0.2) is 8.78 Å². The van der Waals surface area contributed by atoms with Crippen LogP contribution in [0.5, 0.6) is 0 Å². The Hall–Kier alpha value is -2.51. The molecule has 27 heavy (non-hydrogen) atoms. The van der Waals surface area contributed by atoms with E-state index in [4.69, 9.17) is 27.7 Å². The third-order valence-corrected chi connectivity index (χ3v) is 4.90. The average Bonchev–Trinajstić information content (AvgIpc) is 3.26. The van der Waals surface area contributed by atoms with Crippen molar-refractivity contribution < 1.29 is 18.1 Å². The van der Waals surface area contributed by atoms with E-state index in [-0.39, 0.29) is 46.6 Å². The van der Waals surface area contributed by atoms with Crippen LogP contribution in [-0.4, -0.2) is 22.6 Å². The highest BCUT2D eigenvalue weighted by Crippen LogP contribution is 2.35. The molecule has 1 atom stereocenters. The SMILES string of the molecule is O=C1CC(c2nc(-c3ccc(F)c(Cl)c3)no2)CN1c1cc(F)ccc1Cl. The first-order chi connectivity index (χ1) is 12.9. The Morgan fingerprint density at radius 1 is 1.11 bits per heavy atom. The second-order valence-corrected chi connectivity index (χ2v) is 6.90. The van der Waals surface area contributed by atoms with Gasteiger partial charge >= 0.3 is 0 Å². The van der Waals surface area contributed by atoms with Crippen LogP contribution in [0.2, 0.25) is 10.0 Å². The summed E-state index contributed by atoms with van der Waals surface area (Å²) in [5.41, 5.74) is 0.792. The van der Waals surface area contributed by atoms with E-state index in [0.29, 0.717) is 11.3 Å². The van der Waals surface area contributed by atoms with Gasteiger partial charge in [-0.05, 0) is 36.4 Å². The number of halogens is 4. The number of hydrogen-bond acceptors (Lipinski definition) is 4. The summed E-state index contributed by atoms with van der Waals surface area (Å²) in [5, 5.41) is 4.09. The smallest absolute Gasteiger partial charge is 0.232 e. The zero-order valence-electron chi connectivity index (χ0n) is 13.6. The third kappa shape index (κ3) is 3.40. The van der Waals surface area contributed by atoms with E-state index in [1.54, 1.807) is 0 Å². The van der Waals surface area contributed by atoms with Crippen molar-refractivity contribution in [3.8, 4) is 11.4 Å². The Balaban J connectivity index is 1.58. The maximum Gasteiger partial charge on any atom is 0.232 e. The number of carbonyl (C=O) groups excluding carboxylic acids is 1. The Bertz CT molecular complexity index is 1040. The molecule has 1 unspecified atom stereocenters. The van der Waals surface area contributed by atoms with Crippen LogP contribution in [0.25, 0.3) is 11.4 Å². The molecular weight excluding hydrogens is 399 g/mol. The van der Waals surface area contributed by atoms with E-state index >= 15 is 0 Å². The summed E-state index contributed by atoms with van der Waals surface area (Å²) in [6.45, 7) is 0.230. The number of hydrogen-bond donors (Lipinski definition) is 0. The number of rotatable bonds is 3. The van der Waals surface area contributed by atoms with Gasteiger partial charge in [-0.15, -0.1) is 0 Å². The lowest BCUT2D eigenvalue weighted by Gasteiger charge is -2.17. The van der Waals surface area contributed by atoms with Crippen molar-refractivity contribution in [2.24, 2.45) is 0 Å². The predicted molar refractivity (Wildman–Crippen MR) is 95.8 cm³/mol. The number of anilines is 1. The molecule has 0 aliphatic carbocycles. The van der Waals surface area contributed by atoms with E-state index in [9.17, 15) is 13.6 Å². The molecule has 1 amide bonds. The largest absolute Gasteiger partial charge is 0.339 e. The average molecular weight is 410 g/mol. The molecule has 1 aromatic heterocycles. The Morgan fingerprint density at radius 2 is 1.93 bits per heavy atom. The topological polar surface area (TPSA) is 59.2 Å². The monoisotopic (exact) mass is 409 g/mol. The first-order valence-corrected chi connectivity index (χ1v) is 8.72. The van der Waals surface area contributed by atoms with Crippen LogP contribution in [0.3, 0.4) is 0 Å². The fourth-order valence-electron chi connectivity index (χ4n) is 2.95. The zero-order chi connectivity index (χ0) is 19.1. The molecule has 138 valence electrons. The summed E-state index contributed by atoms with van der Waals surface area (Å²) in [6, 6.07) is 7.92. The molecule has 1 fully saturated rings. The second-order valence-electron chi connectivity index (χ2n) is 6.09. The Labute approximate surface area is 162 Å². The number of aromatic nitrogens is 2. The van der Waals surface area contributed by atoms with Gasteiger partial charge in [0.05, 0.1) is 21.7 Å². The Morgan fingerprint density at radius 3 is 2.70 bits per heavy atom. The highest BCUT2D eigenvalue weighted by molar-refractivity contribution is 6.33. The summed E-state index contributed by atoms with van der Waals surface area (Å²) >= 11 is 11.9. The molecule has 0 radical (unpaired) electrons. The molecule has 5 nitrogen and oxygen atoms in total. The third-order valence-electron chi connectivity index (χ3n) is 4.29. The van der Waals surface area contributed by atoms with Crippen LogP contribution in [0, 0.1) is 11.6 Å². The van der Waals surface area contributed by atoms with Crippen molar-refractivity contribution >= 4 is 34.8 Å². The standard InChI is InChI=1S/C18H11Cl2F2N3O2/c19-12-3-2-11(21)7-15(12)25-8-10(6-16(25)26)18-23-17(24-27-18)9-1-4-14(22)13(20)5-9/h1-5,7,10H,6,8H2. The number of amides is 1. The highest BCUT2D eigenvalue weighted by atomic mass is 35.5. The number of nitrogens with zero attached hydrogens (tertiary/aromatic N) is 3. The predicted octanol–water partition coefficient (Wildman–Crippen LogP) is 4.84. The molecule has 1 aliphatic rings. The molecule has 1 aliphatic heterocycles. The summed E-state index contributed by atoms with van der Waals surface area (Å²) in [4.78, 5) is 18.1. The van der Waals surface area contributed by atoms with E-state index in [2.05, 4.69) is 10.1 Å². The van der Waals surface area contributed by atoms with Crippen LogP contribution < -0.4 is 4.90 Å². The van der Waals surface area contributed by atoms with Crippen molar-refractivity contribution in [3.05, 3.63) is 64.0 Å². The lowest BCUT2D eigenvalue weighted by atomic mass is 10.1. The van der Waals surface area contributed by atoms with Gasteiger partial charge in [0, 0.05) is 18.5 Å². The van der Waals surface area contributed by atoms with Gasteiger partial charge in [-0.1, -0.05) is 28.4 Å². The highest BCUT2D eigenvalue weighted by Gasteiger charge is 2.36. The summed E-state index contributed by atoms with van der Waals surface area (Å²) in [6.07, 6.45) is 0.124. The van der Waals surface area contributed by atoms with Crippen molar-refractivity contribution in [1.82, 2.24) is 10.1 Å². The number of carbonyl (C=O) groups is 1. The lowest BCUT2D eigenvalue weighted by Crippen LogP contribution is -2.24. The van der Waals surface area contributed by atoms with E-state index in [1.807, 2.05) is 0 Å². The molecule has 0 bridgehead atoms.